The number of hydrogen-bond donors (Lipinski definition) is 2. The first kappa shape index (κ1) is 14.2. The number of halogens is 1. The van der Waals surface area contributed by atoms with E-state index in [-0.39, 0.29) is 24.7 Å². The van der Waals surface area contributed by atoms with E-state index in [0.29, 0.717) is 40.8 Å². The highest BCUT2D eigenvalue weighted by molar-refractivity contribution is 9.10. The highest BCUT2D eigenvalue weighted by Crippen LogP contribution is 2.40. The van der Waals surface area contributed by atoms with Crippen LogP contribution in [0.25, 0.3) is 0 Å². The van der Waals surface area contributed by atoms with Crippen molar-refractivity contribution in [3.05, 3.63) is 22.2 Å². The smallest absolute Gasteiger partial charge is 0.306 e. The van der Waals surface area contributed by atoms with Crippen molar-refractivity contribution in [3.63, 3.8) is 0 Å². The van der Waals surface area contributed by atoms with Gasteiger partial charge in [-0.1, -0.05) is 0 Å². The quantitative estimate of drug-likeness (QED) is 0.867. The number of nitrogens with one attached hydrogen (secondary N) is 1. The van der Waals surface area contributed by atoms with Crippen molar-refractivity contribution in [3.8, 4) is 11.5 Å². The second-order valence-electron chi connectivity index (χ2n) is 5.21. The van der Waals surface area contributed by atoms with E-state index in [1.165, 1.54) is 0 Å². The largest absolute Gasteiger partial charge is 0.481 e. The molecule has 7 heteroatoms. The minimum atomic E-state index is -0.794. The molecular formula is C14H14BrNO5. The van der Waals surface area contributed by atoms with Gasteiger partial charge in [0.1, 0.15) is 0 Å². The van der Waals surface area contributed by atoms with Crippen LogP contribution in [0.15, 0.2) is 16.6 Å². The number of hydrogen-bond acceptors (Lipinski definition) is 4. The monoisotopic (exact) mass is 355 g/mol. The fourth-order valence-electron chi connectivity index (χ4n) is 2.70. The first-order chi connectivity index (χ1) is 10.0. The van der Waals surface area contributed by atoms with Crippen molar-refractivity contribution in [1.29, 1.82) is 0 Å². The Hall–Kier alpha value is -1.76. The summed E-state index contributed by atoms with van der Waals surface area (Å²) in [6.45, 7) is 0.141. The molecule has 1 aliphatic heterocycles. The van der Waals surface area contributed by atoms with E-state index < -0.39 is 5.97 Å². The Bertz CT molecular complexity index is 603. The molecule has 2 atom stereocenters. The molecule has 0 bridgehead atoms. The molecule has 0 spiro atoms. The molecule has 1 saturated carbocycles. The van der Waals surface area contributed by atoms with Gasteiger partial charge in [-0.2, -0.15) is 0 Å². The lowest BCUT2D eigenvalue weighted by molar-refractivity contribution is -0.141. The molecule has 0 radical (unpaired) electrons. The Kier molecular flexibility index (Phi) is 3.75. The Morgan fingerprint density at radius 1 is 1.29 bits per heavy atom. The molecule has 3 rings (SSSR count). The van der Waals surface area contributed by atoms with Crippen LogP contribution in [-0.2, 0) is 4.79 Å². The van der Waals surface area contributed by atoms with Crippen LogP contribution in [0.3, 0.4) is 0 Å². The SMILES string of the molecule is O=C(N[C@H]1CC[C@@H](C(=O)O)C1)c1cc(Br)c2c(c1)OCO2. The highest BCUT2D eigenvalue weighted by Gasteiger charge is 2.31. The molecule has 1 amide bonds. The predicted molar refractivity (Wildman–Crippen MR) is 76.5 cm³/mol. The van der Waals surface area contributed by atoms with E-state index in [0.717, 1.165) is 0 Å². The Morgan fingerprint density at radius 2 is 2.10 bits per heavy atom. The fraction of sp³-hybridized carbons (Fsp3) is 0.429. The number of carboxylic acid groups (broad SMARTS) is 1. The fourth-order valence-corrected chi connectivity index (χ4v) is 3.26. The summed E-state index contributed by atoms with van der Waals surface area (Å²) >= 11 is 3.35. The number of aliphatic carboxylic acids is 1. The summed E-state index contributed by atoms with van der Waals surface area (Å²) in [4.78, 5) is 23.2. The van der Waals surface area contributed by atoms with Gasteiger partial charge in [-0.25, -0.2) is 0 Å². The number of carbonyl (C=O) groups is 2. The summed E-state index contributed by atoms with van der Waals surface area (Å²) in [5, 5.41) is 11.9. The van der Waals surface area contributed by atoms with Crippen molar-refractivity contribution in [1.82, 2.24) is 5.32 Å². The molecule has 6 nitrogen and oxygen atoms in total. The molecule has 1 aromatic rings. The molecule has 1 aromatic carbocycles. The van der Waals surface area contributed by atoms with Crippen LogP contribution in [0, 0.1) is 5.92 Å². The zero-order valence-electron chi connectivity index (χ0n) is 11.1. The second-order valence-corrected chi connectivity index (χ2v) is 6.06. The second kappa shape index (κ2) is 5.55. The van der Waals surface area contributed by atoms with E-state index in [2.05, 4.69) is 21.2 Å². The molecular weight excluding hydrogens is 342 g/mol. The normalized spacial score (nSPS) is 23.1. The van der Waals surface area contributed by atoms with Gasteiger partial charge in [0, 0.05) is 11.6 Å². The van der Waals surface area contributed by atoms with Gasteiger partial charge in [-0.3, -0.25) is 9.59 Å². The Labute approximate surface area is 129 Å². The molecule has 1 aliphatic carbocycles. The number of fused-ring (bicyclic) bond motifs is 1. The maximum Gasteiger partial charge on any atom is 0.306 e. The summed E-state index contributed by atoms with van der Waals surface area (Å²) in [7, 11) is 0. The van der Waals surface area contributed by atoms with Crippen LogP contribution in [0.2, 0.25) is 0 Å². The molecule has 0 saturated heterocycles. The van der Waals surface area contributed by atoms with E-state index in [1.807, 2.05) is 0 Å². The van der Waals surface area contributed by atoms with Gasteiger partial charge in [0.15, 0.2) is 11.5 Å². The van der Waals surface area contributed by atoms with Crippen molar-refractivity contribution in [2.75, 3.05) is 6.79 Å². The average Bonchev–Trinajstić information content (AvgIpc) is 3.07. The lowest BCUT2D eigenvalue weighted by atomic mass is 10.1. The zero-order chi connectivity index (χ0) is 15.0. The highest BCUT2D eigenvalue weighted by atomic mass is 79.9. The minimum Gasteiger partial charge on any atom is -0.481 e. The summed E-state index contributed by atoms with van der Waals surface area (Å²) < 4.78 is 11.2. The van der Waals surface area contributed by atoms with Gasteiger partial charge in [0.25, 0.3) is 5.91 Å². The van der Waals surface area contributed by atoms with Crippen molar-refractivity contribution < 1.29 is 24.2 Å². The molecule has 1 fully saturated rings. The van der Waals surface area contributed by atoms with E-state index >= 15 is 0 Å². The van der Waals surface area contributed by atoms with Gasteiger partial charge < -0.3 is 19.9 Å². The molecule has 2 aliphatic rings. The van der Waals surface area contributed by atoms with Crippen LogP contribution in [0.4, 0.5) is 0 Å². The predicted octanol–water partition coefficient (Wildman–Crippen LogP) is 2.16. The summed E-state index contributed by atoms with van der Waals surface area (Å²) in [6.07, 6.45) is 1.77. The van der Waals surface area contributed by atoms with Gasteiger partial charge in [-0.05, 0) is 47.3 Å². The van der Waals surface area contributed by atoms with E-state index in [1.54, 1.807) is 12.1 Å². The van der Waals surface area contributed by atoms with Gasteiger partial charge in [0.2, 0.25) is 6.79 Å². The maximum atomic E-state index is 12.3. The van der Waals surface area contributed by atoms with E-state index in [9.17, 15) is 9.59 Å². The van der Waals surface area contributed by atoms with Crippen molar-refractivity contribution >= 4 is 27.8 Å². The first-order valence-corrected chi connectivity index (χ1v) is 7.46. The Balaban J connectivity index is 1.69. The van der Waals surface area contributed by atoms with Crippen LogP contribution < -0.4 is 14.8 Å². The summed E-state index contributed by atoms with van der Waals surface area (Å²) in [5.41, 5.74) is 0.463. The van der Waals surface area contributed by atoms with Crippen LogP contribution in [-0.4, -0.2) is 29.8 Å². The van der Waals surface area contributed by atoms with Crippen LogP contribution in [0.1, 0.15) is 29.6 Å². The number of carbonyl (C=O) groups excluding carboxylic acids is 1. The molecule has 0 unspecified atom stereocenters. The topological polar surface area (TPSA) is 84.9 Å². The lowest BCUT2D eigenvalue weighted by Gasteiger charge is -2.13. The summed E-state index contributed by atoms with van der Waals surface area (Å²) in [6, 6.07) is 3.21. The third-order valence-electron chi connectivity index (χ3n) is 3.81. The number of amides is 1. The molecule has 21 heavy (non-hydrogen) atoms. The number of carboxylic acids is 1. The number of rotatable bonds is 3. The third kappa shape index (κ3) is 2.83. The molecule has 0 aromatic heterocycles. The zero-order valence-corrected chi connectivity index (χ0v) is 12.7. The van der Waals surface area contributed by atoms with Crippen molar-refractivity contribution in [2.45, 2.75) is 25.3 Å². The molecule has 112 valence electrons. The van der Waals surface area contributed by atoms with Crippen LogP contribution in [0.5, 0.6) is 11.5 Å². The van der Waals surface area contributed by atoms with Crippen LogP contribution >= 0.6 is 15.9 Å². The van der Waals surface area contributed by atoms with E-state index in [4.69, 9.17) is 14.6 Å². The molecule has 2 N–H and O–H groups in total. The lowest BCUT2D eigenvalue weighted by Crippen LogP contribution is -2.33. The first-order valence-electron chi connectivity index (χ1n) is 6.67. The number of benzene rings is 1. The minimum absolute atomic E-state index is 0.0946. The number of ether oxygens (including phenoxy) is 2. The van der Waals surface area contributed by atoms with Gasteiger partial charge in [0.05, 0.1) is 10.4 Å². The van der Waals surface area contributed by atoms with Gasteiger partial charge >= 0.3 is 5.97 Å². The Morgan fingerprint density at radius 3 is 2.81 bits per heavy atom. The molecule has 1 heterocycles. The van der Waals surface area contributed by atoms with Gasteiger partial charge in [-0.15, -0.1) is 0 Å². The standard InChI is InChI=1S/C14H14BrNO5/c15-10-4-8(5-11-12(10)21-6-20-11)13(17)16-9-2-1-7(3-9)14(18)19/h4-5,7,9H,1-3,6H2,(H,16,17)(H,18,19)/t7-,9+/m1/s1. The van der Waals surface area contributed by atoms with Crippen molar-refractivity contribution in [2.24, 2.45) is 5.92 Å². The average molecular weight is 356 g/mol. The third-order valence-corrected chi connectivity index (χ3v) is 4.40. The summed E-state index contributed by atoms with van der Waals surface area (Å²) in [5.74, 6) is -0.260. The maximum absolute atomic E-state index is 12.3.